The zero-order valence-corrected chi connectivity index (χ0v) is 18.7. The molecule has 2 aromatic carbocycles. The van der Waals surface area contributed by atoms with Crippen molar-refractivity contribution >= 4 is 11.6 Å². The normalized spacial score (nSPS) is 22.7. The van der Waals surface area contributed by atoms with Crippen LogP contribution in [0, 0.1) is 29.6 Å². The maximum absolute atomic E-state index is 13.5. The molecule has 0 spiro atoms. The molecular formula is C25H26F3N3O2. The maximum atomic E-state index is 13.5. The van der Waals surface area contributed by atoms with E-state index in [1.54, 1.807) is 19.2 Å². The summed E-state index contributed by atoms with van der Waals surface area (Å²) in [6.45, 7) is 4.60. The number of hydrogen-bond acceptors (Lipinski definition) is 4. The number of piperidine rings is 1. The Morgan fingerprint density at radius 3 is 2.58 bits per heavy atom. The summed E-state index contributed by atoms with van der Waals surface area (Å²) in [6, 6.07) is 13.0. The van der Waals surface area contributed by atoms with E-state index in [1.165, 1.54) is 6.07 Å². The molecule has 2 atom stereocenters. The molecule has 2 aromatic rings. The Labute approximate surface area is 191 Å². The van der Waals surface area contributed by atoms with Crippen LogP contribution in [0.15, 0.2) is 42.5 Å². The number of ether oxygens (including phenoxy) is 1. The first-order valence-electron chi connectivity index (χ1n) is 10.9. The maximum Gasteiger partial charge on any atom is 0.417 e. The Balaban J connectivity index is 1.58. The second-order valence-corrected chi connectivity index (χ2v) is 9.08. The van der Waals surface area contributed by atoms with Gasteiger partial charge in [-0.1, -0.05) is 17.7 Å². The molecule has 2 heterocycles. The third kappa shape index (κ3) is 4.42. The summed E-state index contributed by atoms with van der Waals surface area (Å²) in [4.78, 5) is 16.8. The van der Waals surface area contributed by atoms with Crippen LogP contribution in [0.5, 0.6) is 0 Å². The number of carbonyl (C=O) groups excluding carboxylic acids is 1. The van der Waals surface area contributed by atoms with Crippen LogP contribution in [0.1, 0.15) is 33.5 Å². The van der Waals surface area contributed by atoms with Crippen molar-refractivity contribution in [2.75, 3.05) is 44.8 Å². The number of carbonyl (C=O) groups is 1. The lowest BCUT2D eigenvalue weighted by molar-refractivity contribution is -0.137. The Kier molecular flexibility index (Phi) is 6.10. The second kappa shape index (κ2) is 8.71. The number of nitrogens with zero attached hydrogens (tertiary/aromatic N) is 3. The van der Waals surface area contributed by atoms with Crippen molar-refractivity contribution in [2.45, 2.75) is 19.5 Å². The topological polar surface area (TPSA) is 56.6 Å². The number of nitriles is 1. The van der Waals surface area contributed by atoms with E-state index >= 15 is 0 Å². The molecule has 2 aliphatic heterocycles. The molecule has 0 aromatic heterocycles. The standard InChI is InChI=1S/C25H26F3N3O2/c1-17-3-5-18(6-4-17)23(32)30-10-9-24(16-33-2)15-31(14-20(24)13-30)21-8-7-19(12-29)22(11-21)25(26,27)28/h3-8,11,20H,9-10,13-16H2,1-2H3/t20-,24+/m1/s1. The van der Waals surface area contributed by atoms with Crippen LogP contribution < -0.4 is 4.90 Å². The summed E-state index contributed by atoms with van der Waals surface area (Å²) in [5, 5.41) is 9.09. The highest BCUT2D eigenvalue weighted by molar-refractivity contribution is 5.94. The van der Waals surface area contributed by atoms with E-state index in [2.05, 4.69) is 0 Å². The van der Waals surface area contributed by atoms with Gasteiger partial charge in [0.25, 0.3) is 5.91 Å². The Morgan fingerprint density at radius 2 is 1.94 bits per heavy atom. The van der Waals surface area contributed by atoms with E-state index in [9.17, 15) is 18.0 Å². The van der Waals surface area contributed by atoms with E-state index in [4.69, 9.17) is 10.00 Å². The lowest BCUT2D eigenvalue weighted by Crippen LogP contribution is -2.50. The van der Waals surface area contributed by atoms with Gasteiger partial charge in [0.15, 0.2) is 0 Å². The van der Waals surface area contributed by atoms with Crippen molar-refractivity contribution < 1.29 is 22.7 Å². The van der Waals surface area contributed by atoms with E-state index in [-0.39, 0.29) is 22.8 Å². The number of methoxy groups -OCH3 is 1. The molecule has 0 bridgehead atoms. The molecule has 8 heteroatoms. The van der Waals surface area contributed by atoms with Crippen LogP contribution in [0.3, 0.4) is 0 Å². The quantitative estimate of drug-likeness (QED) is 0.679. The van der Waals surface area contributed by atoms with Crippen LogP contribution in [-0.2, 0) is 10.9 Å². The Hall–Kier alpha value is -3.05. The molecule has 174 valence electrons. The largest absolute Gasteiger partial charge is 0.417 e. The van der Waals surface area contributed by atoms with Gasteiger partial charge >= 0.3 is 6.18 Å². The van der Waals surface area contributed by atoms with Gasteiger partial charge in [0.05, 0.1) is 23.8 Å². The minimum atomic E-state index is -4.60. The summed E-state index contributed by atoms with van der Waals surface area (Å²) in [6.07, 6.45) is -3.89. The van der Waals surface area contributed by atoms with Gasteiger partial charge in [-0.25, -0.2) is 0 Å². The second-order valence-electron chi connectivity index (χ2n) is 9.08. The van der Waals surface area contributed by atoms with E-state index in [1.807, 2.05) is 41.0 Å². The van der Waals surface area contributed by atoms with Crippen molar-refractivity contribution in [3.8, 4) is 6.07 Å². The average molecular weight is 457 g/mol. The van der Waals surface area contributed by atoms with Gasteiger partial charge in [0.1, 0.15) is 0 Å². The summed E-state index contributed by atoms with van der Waals surface area (Å²) < 4.78 is 46.0. The first-order valence-corrected chi connectivity index (χ1v) is 10.9. The number of fused-ring (bicyclic) bond motifs is 1. The first-order chi connectivity index (χ1) is 15.7. The molecule has 1 amide bonds. The smallest absolute Gasteiger partial charge is 0.384 e. The number of aryl methyl sites for hydroxylation is 1. The average Bonchev–Trinajstić information content (AvgIpc) is 3.17. The molecule has 0 N–H and O–H groups in total. The lowest BCUT2D eigenvalue weighted by atomic mass is 9.73. The van der Waals surface area contributed by atoms with Gasteiger partial charge < -0.3 is 14.5 Å². The highest BCUT2D eigenvalue weighted by Crippen LogP contribution is 2.45. The number of anilines is 1. The number of halogens is 3. The lowest BCUT2D eigenvalue weighted by Gasteiger charge is -2.43. The number of alkyl halides is 3. The number of hydrogen-bond donors (Lipinski definition) is 0. The van der Waals surface area contributed by atoms with Gasteiger partial charge in [-0.15, -0.1) is 0 Å². The number of likely N-dealkylation sites (tertiary alicyclic amines) is 1. The van der Waals surface area contributed by atoms with E-state index in [0.29, 0.717) is 50.5 Å². The zero-order valence-electron chi connectivity index (χ0n) is 18.7. The predicted molar refractivity (Wildman–Crippen MR) is 118 cm³/mol. The van der Waals surface area contributed by atoms with E-state index in [0.717, 1.165) is 11.6 Å². The van der Waals surface area contributed by atoms with Crippen LogP contribution in [0.2, 0.25) is 0 Å². The molecule has 2 fully saturated rings. The molecule has 0 aliphatic carbocycles. The van der Waals surface area contributed by atoms with Crippen molar-refractivity contribution in [2.24, 2.45) is 11.3 Å². The van der Waals surface area contributed by atoms with Gasteiger partial charge in [-0.3, -0.25) is 4.79 Å². The third-order valence-electron chi connectivity index (χ3n) is 6.94. The van der Waals surface area contributed by atoms with Crippen LogP contribution >= 0.6 is 0 Å². The fourth-order valence-electron chi connectivity index (χ4n) is 5.13. The van der Waals surface area contributed by atoms with Crippen LogP contribution in [-0.4, -0.2) is 50.7 Å². The highest BCUT2D eigenvalue weighted by Gasteiger charge is 2.50. The third-order valence-corrected chi connectivity index (χ3v) is 6.94. The van der Waals surface area contributed by atoms with Crippen molar-refractivity contribution in [1.82, 2.24) is 4.90 Å². The van der Waals surface area contributed by atoms with Gasteiger partial charge in [-0.05, 0) is 43.7 Å². The molecule has 0 radical (unpaired) electrons. The zero-order chi connectivity index (χ0) is 23.8. The van der Waals surface area contributed by atoms with Gasteiger partial charge in [-0.2, -0.15) is 18.4 Å². The SMILES string of the molecule is COC[C@@]12CCN(C(=O)c3ccc(C)cc3)C[C@@H]1CN(c1ccc(C#N)c(C(F)(F)F)c1)C2. The molecule has 5 nitrogen and oxygen atoms in total. The molecule has 2 saturated heterocycles. The Morgan fingerprint density at radius 1 is 1.21 bits per heavy atom. The van der Waals surface area contributed by atoms with Gasteiger partial charge in [0.2, 0.25) is 0 Å². The van der Waals surface area contributed by atoms with Crippen LogP contribution in [0.4, 0.5) is 18.9 Å². The first kappa shape index (κ1) is 23.1. The molecular weight excluding hydrogens is 431 g/mol. The summed E-state index contributed by atoms with van der Waals surface area (Å²) in [5.41, 5.74) is 0.597. The van der Waals surface area contributed by atoms with E-state index < -0.39 is 11.7 Å². The fraction of sp³-hybridized carbons (Fsp3) is 0.440. The minimum absolute atomic E-state index is 0.0304. The monoisotopic (exact) mass is 457 g/mol. The van der Waals surface area contributed by atoms with Crippen LogP contribution in [0.25, 0.3) is 0 Å². The highest BCUT2D eigenvalue weighted by atomic mass is 19.4. The number of rotatable bonds is 4. The molecule has 0 unspecified atom stereocenters. The van der Waals surface area contributed by atoms with Gasteiger partial charge in [0, 0.05) is 55.9 Å². The number of benzene rings is 2. The summed E-state index contributed by atoms with van der Waals surface area (Å²) >= 11 is 0. The molecule has 2 aliphatic rings. The Bertz CT molecular complexity index is 1080. The minimum Gasteiger partial charge on any atom is -0.384 e. The number of amides is 1. The molecule has 0 saturated carbocycles. The predicted octanol–water partition coefficient (Wildman–Crippen LogP) is 4.50. The van der Waals surface area contributed by atoms with Crippen molar-refractivity contribution in [3.63, 3.8) is 0 Å². The molecule has 33 heavy (non-hydrogen) atoms. The van der Waals surface area contributed by atoms with Crippen molar-refractivity contribution in [3.05, 3.63) is 64.7 Å². The molecule has 4 rings (SSSR count). The summed E-state index contributed by atoms with van der Waals surface area (Å²) in [7, 11) is 1.63. The fourth-order valence-corrected chi connectivity index (χ4v) is 5.13. The van der Waals surface area contributed by atoms with Crippen molar-refractivity contribution in [1.29, 1.82) is 5.26 Å². The summed E-state index contributed by atoms with van der Waals surface area (Å²) in [5.74, 6) is 0.0303.